The van der Waals surface area contributed by atoms with E-state index < -0.39 is 0 Å². The van der Waals surface area contributed by atoms with Gasteiger partial charge < -0.3 is 9.31 Å². The Morgan fingerprint density at radius 3 is 2.57 bits per heavy atom. The Labute approximate surface area is 135 Å². The Kier molecular flexibility index (Phi) is 4.32. The van der Waals surface area contributed by atoms with Crippen molar-refractivity contribution in [2.24, 2.45) is 0 Å². The number of fused-ring (bicyclic) bond motifs is 1. The first kappa shape index (κ1) is 14.6. The first-order chi connectivity index (χ1) is 10.2. The number of hydrogen-bond acceptors (Lipinski definition) is 2. The SMILES string of the molecule is CCCCB1Oc2cc(Cl)c(-c3ccccc3)c(Cl)c2O1. The van der Waals surface area contributed by atoms with E-state index >= 15 is 0 Å². The lowest BCUT2D eigenvalue weighted by Gasteiger charge is -2.10. The molecule has 1 aliphatic rings. The molecule has 0 fully saturated rings. The van der Waals surface area contributed by atoms with Crippen molar-refractivity contribution in [1.29, 1.82) is 0 Å². The lowest BCUT2D eigenvalue weighted by atomic mass is 9.83. The number of unbranched alkanes of at least 4 members (excludes halogenated alkanes) is 1. The molecule has 2 aromatic carbocycles. The minimum absolute atomic E-state index is 0.264. The van der Waals surface area contributed by atoms with Crippen LogP contribution < -0.4 is 9.31 Å². The van der Waals surface area contributed by atoms with Gasteiger partial charge in [0.25, 0.3) is 0 Å². The van der Waals surface area contributed by atoms with Crippen LogP contribution in [0.5, 0.6) is 11.5 Å². The molecule has 0 atom stereocenters. The van der Waals surface area contributed by atoms with Crippen LogP contribution in [0.4, 0.5) is 0 Å². The van der Waals surface area contributed by atoms with Crippen molar-refractivity contribution in [3.8, 4) is 22.6 Å². The van der Waals surface area contributed by atoms with Crippen molar-refractivity contribution in [1.82, 2.24) is 0 Å². The predicted molar refractivity (Wildman–Crippen MR) is 88.6 cm³/mol. The minimum Gasteiger partial charge on any atom is -0.523 e. The maximum atomic E-state index is 6.50. The molecule has 21 heavy (non-hydrogen) atoms. The van der Waals surface area contributed by atoms with Gasteiger partial charge >= 0.3 is 7.12 Å². The maximum absolute atomic E-state index is 6.50. The predicted octanol–water partition coefficient (Wildman–Crippen LogP) is 5.72. The van der Waals surface area contributed by atoms with Gasteiger partial charge in [0.05, 0.1) is 10.0 Å². The molecule has 5 heteroatoms. The van der Waals surface area contributed by atoms with Crippen LogP contribution in [0.15, 0.2) is 36.4 Å². The zero-order chi connectivity index (χ0) is 14.8. The number of halogens is 2. The Morgan fingerprint density at radius 1 is 1.10 bits per heavy atom. The van der Waals surface area contributed by atoms with E-state index in [2.05, 4.69) is 6.92 Å². The lowest BCUT2D eigenvalue weighted by Crippen LogP contribution is -2.23. The fourth-order valence-electron chi connectivity index (χ4n) is 2.43. The van der Waals surface area contributed by atoms with Crippen LogP contribution in [0.2, 0.25) is 16.4 Å². The van der Waals surface area contributed by atoms with Crippen LogP contribution in [-0.2, 0) is 0 Å². The van der Waals surface area contributed by atoms with Crippen molar-refractivity contribution in [2.45, 2.75) is 26.1 Å². The van der Waals surface area contributed by atoms with Gasteiger partial charge in [-0.1, -0.05) is 73.3 Å². The van der Waals surface area contributed by atoms with Crippen LogP contribution in [0.3, 0.4) is 0 Å². The summed E-state index contributed by atoms with van der Waals surface area (Å²) in [6, 6.07) is 11.6. The standard InChI is InChI=1S/C16H15BCl2O2/c1-2-3-9-17-20-13-10-12(18)14(15(19)16(13)21-17)11-7-5-4-6-8-11/h4-8,10H,2-3,9H2,1H3. The van der Waals surface area contributed by atoms with Gasteiger partial charge in [0, 0.05) is 17.9 Å². The largest absolute Gasteiger partial charge is 0.594 e. The van der Waals surface area contributed by atoms with Crippen molar-refractivity contribution in [3.05, 3.63) is 46.4 Å². The smallest absolute Gasteiger partial charge is 0.523 e. The Bertz CT molecular complexity index is 646. The molecular weight excluding hydrogens is 306 g/mol. The van der Waals surface area contributed by atoms with Gasteiger partial charge in [-0.15, -0.1) is 0 Å². The highest BCUT2D eigenvalue weighted by Crippen LogP contribution is 2.49. The molecule has 3 rings (SSSR count). The molecule has 0 radical (unpaired) electrons. The summed E-state index contributed by atoms with van der Waals surface area (Å²) in [4.78, 5) is 0. The molecule has 1 heterocycles. The van der Waals surface area contributed by atoms with Crippen molar-refractivity contribution >= 4 is 30.3 Å². The van der Waals surface area contributed by atoms with Gasteiger partial charge in [-0.3, -0.25) is 0 Å². The maximum Gasteiger partial charge on any atom is 0.594 e. The number of rotatable bonds is 4. The normalized spacial score (nSPS) is 12.8. The molecule has 2 aromatic rings. The molecule has 0 spiro atoms. The summed E-state index contributed by atoms with van der Waals surface area (Å²) in [5.74, 6) is 1.23. The zero-order valence-electron chi connectivity index (χ0n) is 11.7. The summed E-state index contributed by atoms with van der Waals surface area (Å²) in [6.07, 6.45) is 3.00. The van der Waals surface area contributed by atoms with Crippen LogP contribution in [-0.4, -0.2) is 7.12 Å². The monoisotopic (exact) mass is 320 g/mol. The zero-order valence-corrected chi connectivity index (χ0v) is 13.2. The summed E-state index contributed by atoms with van der Waals surface area (Å²) in [7, 11) is -0.264. The van der Waals surface area contributed by atoms with E-state index in [1.54, 1.807) is 6.07 Å². The molecular formula is C16H15BCl2O2. The van der Waals surface area contributed by atoms with Gasteiger partial charge in [0.15, 0.2) is 5.75 Å². The second-order valence-electron chi connectivity index (χ2n) is 5.05. The molecule has 0 aromatic heterocycles. The first-order valence-corrected chi connectivity index (χ1v) is 7.87. The highest BCUT2D eigenvalue weighted by molar-refractivity contribution is 6.49. The average molecular weight is 321 g/mol. The van der Waals surface area contributed by atoms with Crippen LogP contribution >= 0.6 is 23.2 Å². The molecule has 0 bridgehead atoms. The topological polar surface area (TPSA) is 18.5 Å². The average Bonchev–Trinajstić information content (AvgIpc) is 2.89. The summed E-state index contributed by atoms with van der Waals surface area (Å²) in [5.41, 5.74) is 1.76. The Hall–Kier alpha value is -1.32. The van der Waals surface area contributed by atoms with Gasteiger partial charge in [-0.05, 0) is 5.56 Å². The molecule has 1 aliphatic heterocycles. The number of hydrogen-bond donors (Lipinski definition) is 0. The lowest BCUT2D eigenvalue weighted by molar-refractivity contribution is 0.492. The van der Waals surface area contributed by atoms with E-state index in [0.717, 1.165) is 30.3 Å². The third-order valence-electron chi connectivity index (χ3n) is 3.50. The highest BCUT2D eigenvalue weighted by atomic mass is 35.5. The van der Waals surface area contributed by atoms with E-state index in [1.807, 2.05) is 30.3 Å². The summed E-state index contributed by atoms with van der Waals surface area (Å²) in [5, 5.41) is 1.09. The van der Waals surface area contributed by atoms with Crippen LogP contribution in [0.25, 0.3) is 11.1 Å². The fourth-order valence-corrected chi connectivity index (χ4v) is 3.13. The molecule has 0 aliphatic carbocycles. The summed E-state index contributed by atoms with van der Waals surface area (Å²) >= 11 is 12.9. The van der Waals surface area contributed by atoms with Crippen molar-refractivity contribution in [3.63, 3.8) is 0 Å². The highest BCUT2D eigenvalue weighted by Gasteiger charge is 2.34. The fraction of sp³-hybridized carbons (Fsp3) is 0.250. The van der Waals surface area contributed by atoms with E-state index in [-0.39, 0.29) is 7.12 Å². The molecule has 2 nitrogen and oxygen atoms in total. The van der Waals surface area contributed by atoms with Gasteiger partial charge in [-0.25, -0.2) is 0 Å². The second-order valence-corrected chi connectivity index (χ2v) is 5.83. The van der Waals surface area contributed by atoms with E-state index in [9.17, 15) is 0 Å². The Balaban J connectivity index is 1.97. The molecule has 108 valence electrons. The van der Waals surface area contributed by atoms with E-state index in [0.29, 0.717) is 21.5 Å². The van der Waals surface area contributed by atoms with Gasteiger partial charge in [-0.2, -0.15) is 0 Å². The molecule has 0 saturated carbocycles. The summed E-state index contributed by atoms with van der Waals surface area (Å²) in [6.45, 7) is 2.14. The molecule has 0 unspecified atom stereocenters. The van der Waals surface area contributed by atoms with E-state index in [4.69, 9.17) is 32.5 Å². The molecule has 0 saturated heterocycles. The quantitative estimate of drug-likeness (QED) is 0.671. The third kappa shape index (κ3) is 2.85. The van der Waals surface area contributed by atoms with Gasteiger partial charge in [0.2, 0.25) is 0 Å². The number of benzene rings is 2. The minimum atomic E-state index is -0.264. The van der Waals surface area contributed by atoms with Gasteiger partial charge in [0.1, 0.15) is 5.75 Å². The second kappa shape index (κ2) is 6.21. The third-order valence-corrected chi connectivity index (χ3v) is 4.16. The molecule has 0 N–H and O–H groups in total. The first-order valence-electron chi connectivity index (χ1n) is 7.11. The van der Waals surface area contributed by atoms with Crippen molar-refractivity contribution in [2.75, 3.05) is 0 Å². The van der Waals surface area contributed by atoms with Crippen LogP contribution in [0, 0.1) is 0 Å². The Morgan fingerprint density at radius 2 is 1.86 bits per heavy atom. The summed E-state index contributed by atoms with van der Waals surface area (Å²) < 4.78 is 11.6. The molecule has 0 amide bonds. The van der Waals surface area contributed by atoms with Crippen LogP contribution in [0.1, 0.15) is 19.8 Å². The van der Waals surface area contributed by atoms with E-state index in [1.165, 1.54) is 0 Å². The van der Waals surface area contributed by atoms with Crippen molar-refractivity contribution < 1.29 is 9.31 Å².